The molecule has 4 heteroatoms. The van der Waals surface area contributed by atoms with Crippen molar-refractivity contribution in [1.82, 2.24) is 0 Å². The summed E-state index contributed by atoms with van der Waals surface area (Å²) < 4.78 is 1.14. The monoisotopic (exact) mass is 255 g/mol. The number of thiophene rings is 1. The van der Waals surface area contributed by atoms with Gasteiger partial charge in [0.15, 0.2) is 0 Å². The minimum Gasteiger partial charge on any atom is -0.258 e. The van der Waals surface area contributed by atoms with E-state index in [9.17, 15) is 10.1 Å². The third-order valence-electron chi connectivity index (χ3n) is 2.79. The molecule has 1 heterocycles. The Bertz CT molecular complexity index is 700. The van der Waals surface area contributed by atoms with Gasteiger partial charge in [-0.15, -0.1) is 11.3 Å². The van der Waals surface area contributed by atoms with Crippen molar-refractivity contribution in [2.24, 2.45) is 0 Å². The number of hydrogen-bond acceptors (Lipinski definition) is 3. The molecule has 0 aliphatic carbocycles. The maximum Gasteiger partial charge on any atom is 0.278 e. The van der Waals surface area contributed by atoms with Gasteiger partial charge in [0.25, 0.3) is 5.69 Å². The number of nitro groups is 1. The minimum absolute atomic E-state index is 0.157. The van der Waals surface area contributed by atoms with Crippen molar-refractivity contribution in [3.8, 4) is 10.4 Å². The number of fused-ring (bicyclic) bond motifs is 1. The fourth-order valence-electron chi connectivity index (χ4n) is 1.96. The van der Waals surface area contributed by atoms with E-state index in [1.165, 1.54) is 0 Å². The van der Waals surface area contributed by atoms with E-state index in [-0.39, 0.29) is 10.6 Å². The molecule has 0 saturated carbocycles. The van der Waals surface area contributed by atoms with E-state index in [4.69, 9.17) is 0 Å². The van der Waals surface area contributed by atoms with Gasteiger partial charge in [0.1, 0.15) is 0 Å². The Morgan fingerprint density at radius 1 is 1.00 bits per heavy atom. The molecular weight excluding hydrogens is 246 g/mol. The molecule has 2 aromatic carbocycles. The molecule has 0 bridgehead atoms. The molecule has 18 heavy (non-hydrogen) atoms. The maximum absolute atomic E-state index is 11.0. The van der Waals surface area contributed by atoms with Gasteiger partial charge >= 0.3 is 0 Å². The molecule has 0 radical (unpaired) electrons. The quantitative estimate of drug-likeness (QED) is 0.500. The lowest BCUT2D eigenvalue weighted by atomic mass is 10.1. The Kier molecular flexibility index (Phi) is 2.57. The van der Waals surface area contributed by atoms with Crippen LogP contribution in [0.15, 0.2) is 54.6 Å². The number of nitro benzene ring substituents is 1. The first-order valence-corrected chi connectivity index (χ1v) is 6.30. The molecule has 3 nitrogen and oxygen atoms in total. The van der Waals surface area contributed by atoms with Gasteiger partial charge in [-0.3, -0.25) is 10.1 Å². The lowest BCUT2D eigenvalue weighted by Crippen LogP contribution is -1.89. The van der Waals surface area contributed by atoms with Crippen LogP contribution in [0.25, 0.3) is 20.5 Å². The summed E-state index contributed by atoms with van der Waals surface area (Å²) in [7, 11) is 0. The Morgan fingerprint density at radius 2 is 1.72 bits per heavy atom. The fraction of sp³-hybridized carbons (Fsp3) is 0. The second kappa shape index (κ2) is 4.23. The van der Waals surface area contributed by atoms with E-state index in [1.807, 2.05) is 36.4 Å². The minimum atomic E-state index is -0.334. The summed E-state index contributed by atoms with van der Waals surface area (Å²) in [4.78, 5) is 11.6. The highest BCUT2D eigenvalue weighted by molar-refractivity contribution is 7.22. The van der Waals surface area contributed by atoms with E-state index < -0.39 is 0 Å². The van der Waals surface area contributed by atoms with Crippen molar-refractivity contribution >= 4 is 27.1 Å². The van der Waals surface area contributed by atoms with Gasteiger partial charge < -0.3 is 0 Å². The summed E-state index contributed by atoms with van der Waals surface area (Å²) in [5.41, 5.74) is 0.841. The highest BCUT2D eigenvalue weighted by Gasteiger charge is 2.15. The maximum atomic E-state index is 11.0. The summed E-state index contributed by atoms with van der Waals surface area (Å²) in [5, 5.41) is 12.1. The van der Waals surface area contributed by atoms with Crippen LogP contribution in [0, 0.1) is 10.1 Å². The molecule has 3 aromatic rings. The smallest absolute Gasteiger partial charge is 0.258 e. The van der Waals surface area contributed by atoms with Crippen molar-refractivity contribution in [1.29, 1.82) is 0 Å². The first kappa shape index (κ1) is 10.9. The first-order valence-electron chi connectivity index (χ1n) is 5.48. The molecule has 0 atom stereocenters. The summed E-state index contributed by atoms with van der Waals surface area (Å²) in [6.45, 7) is 0. The average molecular weight is 255 g/mol. The van der Waals surface area contributed by atoms with Crippen LogP contribution in [-0.2, 0) is 0 Å². The van der Waals surface area contributed by atoms with E-state index in [0.29, 0.717) is 5.56 Å². The summed E-state index contributed by atoms with van der Waals surface area (Å²) in [5.74, 6) is 0. The summed E-state index contributed by atoms with van der Waals surface area (Å²) in [6, 6.07) is 16.8. The van der Waals surface area contributed by atoms with Crippen molar-refractivity contribution < 1.29 is 4.92 Å². The normalized spacial score (nSPS) is 10.7. The van der Waals surface area contributed by atoms with Crippen LogP contribution in [0.3, 0.4) is 0 Å². The standard InChI is InChI=1S/C14H9NO2S/c16-15(17)12-7-3-2-6-11(12)14-9-10-5-1-4-8-13(10)18-14/h1-9H. The number of nitrogens with zero attached hydrogens (tertiary/aromatic N) is 1. The van der Waals surface area contributed by atoms with Crippen molar-refractivity contribution in [2.75, 3.05) is 0 Å². The lowest BCUT2D eigenvalue weighted by molar-refractivity contribution is -0.384. The molecule has 1 aromatic heterocycles. The molecule has 0 amide bonds. The number of rotatable bonds is 2. The van der Waals surface area contributed by atoms with Crippen LogP contribution in [0.4, 0.5) is 5.69 Å². The van der Waals surface area contributed by atoms with Crippen LogP contribution < -0.4 is 0 Å². The van der Waals surface area contributed by atoms with Crippen LogP contribution in [-0.4, -0.2) is 4.92 Å². The van der Waals surface area contributed by atoms with Crippen molar-refractivity contribution in [2.45, 2.75) is 0 Å². The van der Waals surface area contributed by atoms with E-state index in [2.05, 4.69) is 0 Å². The second-order valence-electron chi connectivity index (χ2n) is 3.92. The van der Waals surface area contributed by atoms with Crippen molar-refractivity contribution in [3.05, 3.63) is 64.7 Å². The van der Waals surface area contributed by atoms with Gasteiger partial charge in [-0.1, -0.05) is 30.3 Å². The molecular formula is C14H9NO2S. The van der Waals surface area contributed by atoms with Gasteiger partial charge in [-0.05, 0) is 23.6 Å². The number of para-hydroxylation sites is 1. The van der Waals surface area contributed by atoms with E-state index >= 15 is 0 Å². The number of benzene rings is 2. The predicted octanol–water partition coefficient (Wildman–Crippen LogP) is 4.48. The topological polar surface area (TPSA) is 43.1 Å². The first-order chi connectivity index (χ1) is 8.75. The Labute approximate surface area is 107 Å². The lowest BCUT2D eigenvalue weighted by Gasteiger charge is -1.98. The Balaban J connectivity index is 2.23. The third-order valence-corrected chi connectivity index (χ3v) is 3.94. The molecule has 0 N–H and O–H groups in total. The zero-order valence-corrected chi connectivity index (χ0v) is 10.2. The SMILES string of the molecule is O=[N+]([O-])c1ccccc1-c1cc2ccccc2s1. The van der Waals surface area contributed by atoms with E-state index in [1.54, 1.807) is 29.5 Å². The highest BCUT2D eigenvalue weighted by Crippen LogP contribution is 2.37. The fourth-order valence-corrected chi connectivity index (χ4v) is 3.05. The Hall–Kier alpha value is -2.20. The van der Waals surface area contributed by atoms with Crippen LogP contribution >= 0.6 is 11.3 Å². The second-order valence-corrected chi connectivity index (χ2v) is 5.01. The summed E-state index contributed by atoms with van der Waals surface area (Å²) in [6.07, 6.45) is 0. The van der Waals surface area contributed by atoms with Gasteiger partial charge in [0.05, 0.1) is 10.5 Å². The van der Waals surface area contributed by atoms with E-state index in [0.717, 1.165) is 15.0 Å². The number of hydrogen-bond donors (Lipinski definition) is 0. The molecule has 0 fully saturated rings. The molecule has 88 valence electrons. The Morgan fingerprint density at radius 3 is 2.50 bits per heavy atom. The molecule has 0 unspecified atom stereocenters. The van der Waals surface area contributed by atoms with Gasteiger partial charge in [-0.2, -0.15) is 0 Å². The van der Waals surface area contributed by atoms with Crippen LogP contribution in [0.1, 0.15) is 0 Å². The molecule has 0 saturated heterocycles. The molecule has 0 aliphatic heterocycles. The summed E-state index contributed by atoms with van der Waals surface area (Å²) >= 11 is 1.58. The predicted molar refractivity (Wildman–Crippen MR) is 73.9 cm³/mol. The van der Waals surface area contributed by atoms with Crippen molar-refractivity contribution in [3.63, 3.8) is 0 Å². The third kappa shape index (κ3) is 1.76. The van der Waals surface area contributed by atoms with Gasteiger partial charge in [0, 0.05) is 15.6 Å². The molecule has 3 rings (SSSR count). The largest absolute Gasteiger partial charge is 0.278 e. The highest BCUT2D eigenvalue weighted by atomic mass is 32.1. The average Bonchev–Trinajstić information content (AvgIpc) is 2.82. The van der Waals surface area contributed by atoms with Gasteiger partial charge in [0.2, 0.25) is 0 Å². The van der Waals surface area contributed by atoms with Gasteiger partial charge in [-0.25, -0.2) is 0 Å². The zero-order chi connectivity index (χ0) is 12.5. The van der Waals surface area contributed by atoms with Crippen LogP contribution in [0.5, 0.6) is 0 Å². The molecule has 0 aliphatic rings. The zero-order valence-electron chi connectivity index (χ0n) is 9.37. The van der Waals surface area contributed by atoms with Crippen LogP contribution in [0.2, 0.25) is 0 Å². The molecule has 0 spiro atoms.